The Labute approximate surface area is 128 Å². The third-order valence-electron chi connectivity index (χ3n) is 3.10. The summed E-state index contributed by atoms with van der Waals surface area (Å²) in [5.74, 6) is 0.848. The highest BCUT2D eigenvalue weighted by atomic mass is 32.1. The number of anilines is 1. The molecule has 0 radical (unpaired) electrons. The zero-order valence-corrected chi connectivity index (χ0v) is 13.3. The fraction of sp³-hybridized carbons (Fsp3) is 0.400. The fourth-order valence-corrected chi connectivity index (χ4v) is 2.86. The van der Waals surface area contributed by atoms with Crippen molar-refractivity contribution in [3.05, 3.63) is 40.4 Å². The van der Waals surface area contributed by atoms with Gasteiger partial charge in [-0.15, -0.1) is 0 Å². The van der Waals surface area contributed by atoms with Gasteiger partial charge >= 0.3 is 0 Å². The highest BCUT2D eigenvalue weighted by Crippen LogP contribution is 2.27. The number of hydrogen-bond donors (Lipinski definition) is 1. The van der Waals surface area contributed by atoms with Crippen LogP contribution >= 0.6 is 11.3 Å². The highest BCUT2D eigenvalue weighted by Gasteiger charge is 2.13. The molecule has 0 atom stereocenters. The zero-order valence-electron chi connectivity index (χ0n) is 12.5. The number of hydrogen-bond acceptors (Lipinski definition) is 6. The summed E-state index contributed by atoms with van der Waals surface area (Å²) in [5.41, 5.74) is 1.98. The Kier molecular flexibility index (Phi) is 5.55. The predicted octanol–water partition coefficient (Wildman–Crippen LogP) is 2.43. The maximum atomic E-state index is 9.37. The summed E-state index contributed by atoms with van der Waals surface area (Å²) in [6.07, 6.45) is 0. The van der Waals surface area contributed by atoms with Crippen LogP contribution in [-0.2, 0) is 24.5 Å². The summed E-state index contributed by atoms with van der Waals surface area (Å²) in [7, 11) is 5.27. The van der Waals surface area contributed by atoms with E-state index in [9.17, 15) is 5.11 Å². The van der Waals surface area contributed by atoms with Crippen LogP contribution in [0.25, 0.3) is 0 Å². The molecule has 0 aliphatic heterocycles. The first-order valence-corrected chi connectivity index (χ1v) is 7.42. The van der Waals surface area contributed by atoms with Gasteiger partial charge in [-0.2, -0.15) is 0 Å². The SMILES string of the molecule is COCc1nc(N(C)Cc2ccc(OC)cc2)sc1CO. The second-order valence-electron chi connectivity index (χ2n) is 4.66. The summed E-state index contributed by atoms with van der Waals surface area (Å²) in [5, 5.41) is 10.2. The monoisotopic (exact) mass is 308 g/mol. The third kappa shape index (κ3) is 3.93. The molecule has 0 saturated heterocycles. The normalized spacial score (nSPS) is 10.7. The minimum Gasteiger partial charge on any atom is -0.497 e. The van der Waals surface area contributed by atoms with Crippen molar-refractivity contribution in [3.8, 4) is 5.75 Å². The van der Waals surface area contributed by atoms with E-state index in [1.807, 2.05) is 31.3 Å². The zero-order chi connectivity index (χ0) is 15.2. The molecule has 1 heterocycles. The van der Waals surface area contributed by atoms with E-state index in [2.05, 4.69) is 9.88 Å². The quantitative estimate of drug-likeness (QED) is 0.851. The van der Waals surface area contributed by atoms with Crippen LogP contribution in [-0.4, -0.2) is 31.4 Å². The molecule has 2 aromatic rings. The molecule has 1 aromatic heterocycles. The third-order valence-corrected chi connectivity index (χ3v) is 4.29. The molecule has 21 heavy (non-hydrogen) atoms. The standard InChI is InChI=1S/C15H20N2O3S/c1-17(8-11-4-6-12(20-3)7-5-11)15-16-13(10-19-2)14(9-18)21-15/h4-7,18H,8-10H2,1-3H3. The number of ether oxygens (including phenoxy) is 2. The van der Waals surface area contributed by atoms with Crippen molar-refractivity contribution in [2.24, 2.45) is 0 Å². The van der Waals surface area contributed by atoms with Crippen molar-refractivity contribution < 1.29 is 14.6 Å². The Balaban J connectivity index is 2.09. The molecule has 1 N–H and O–H groups in total. The molecule has 0 bridgehead atoms. The molecule has 114 valence electrons. The van der Waals surface area contributed by atoms with E-state index in [1.165, 1.54) is 16.9 Å². The van der Waals surface area contributed by atoms with Crippen LogP contribution < -0.4 is 9.64 Å². The Hall–Kier alpha value is -1.63. The molecular formula is C15H20N2O3S. The van der Waals surface area contributed by atoms with Crippen LogP contribution in [0, 0.1) is 0 Å². The molecule has 0 saturated carbocycles. The lowest BCUT2D eigenvalue weighted by Crippen LogP contribution is -2.16. The second kappa shape index (κ2) is 7.40. The summed E-state index contributed by atoms with van der Waals surface area (Å²) >= 11 is 1.49. The molecule has 1 aromatic carbocycles. The second-order valence-corrected chi connectivity index (χ2v) is 5.72. The van der Waals surface area contributed by atoms with Crippen LogP contribution in [0.4, 0.5) is 5.13 Å². The minimum atomic E-state index is -0.00721. The van der Waals surface area contributed by atoms with Gasteiger partial charge in [-0.05, 0) is 17.7 Å². The van der Waals surface area contributed by atoms with Gasteiger partial charge in [0, 0.05) is 20.7 Å². The average Bonchev–Trinajstić information content (AvgIpc) is 2.91. The van der Waals surface area contributed by atoms with E-state index in [0.717, 1.165) is 28.0 Å². The van der Waals surface area contributed by atoms with Crippen LogP contribution in [0.3, 0.4) is 0 Å². The lowest BCUT2D eigenvalue weighted by atomic mass is 10.2. The van der Waals surface area contributed by atoms with Crippen molar-refractivity contribution in [2.75, 3.05) is 26.2 Å². The molecule has 0 aliphatic rings. The van der Waals surface area contributed by atoms with Crippen molar-refractivity contribution in [3.63, 3.8) is 0 Å². The fourth-order valence-electron chi connectivity index (χ4n) is 1.98. The maximum absolute atomic E-state index is 9.37. The van der Waals surface area contributed by atoms with E-state index in [-0.39, 0.29) is 6.61 Å². The molecule has 0 spiro atoms. The van der Waals surface area contributed by atoms with Gasteiger partial charge in [-0.25, -0.2) is 4.98 Å². The largest absolute Gasteiger partial charge is 0.497 e. The van der Waals surface area contributed by atoms with Gasteiger partial charge in [0.25, 0.3) is 0 Å². The molecule has 0 aliphatic carbocycles. The Bertz CT molecular complexity index is 569. The predicted molar refractivity (Wildman–Crippen MR) is 83.9 cm³/mol. The summed E-state index contributed by atoms with van der Waals surface area (Å²) in [6, 6.07) is 7.96. The van der Waals surface area contributed by atoms with E-state index < -0.39 is 0 Å². The number of aromatic nitrogens is 1. The van der Waals surface area contributed by atoms with Gasteiger partial charge in [0.2, 0.25) is 0 Å². The summed E-state index contributed by atoms with van der Waals surface area (Å²) in [6.45, 7) is 1.16. The first kappa shape index (κ1) is 15.8. The molecule has 0 fully saturated rings. The summed E-state index contributed by atoms with van der Waals surface area (Å²) < 4.78 is 10.3. The topological polar surface area (TPSA) is 54.8 Å². The Morgan fingerprint density at radius 2 is 1.95 bits per heavy atom. The van der Waals surface area contributed by atoms with Crippen molar-refractivity contribution >= 4 is 16.5 Å². The van der Waals surface area contributed by atoms with E-state index in [1.54, 1.807) is 14.2 Å². The van der Waals surface area contributed by atoms with E-state index >= 15 is 0 Å². The molecule has 0 unspecified atom stereocenters. The number of aliphatic hydroxyl groups is 1. The van der Waals surface area contributed by atoms with Crippen LogP contribution in [0.2, 0.25) is 0 Å². The van der Waals surface area contributed by atoms with Gasteiger partial charge in [0.15, 0.2) is 5.13 Å². The Morgan fingerprint density at radius 1 is 1.24 bits per heavy atom. The number of methoxy groups -OCH3 is 2. The number of thiazole rings is 1. The molecule has 2 rings (SSSR count). The molecule has 0 amide bonds. The van der Waals surface area contributed by atoms with Gasteiger partial charge in [-0.3, -0.25) is 0 Å². The highest BCUT2D eigenvalue weighted by molar-refractivity contribution is 7.15. The Morgan fingerprint density at radius 3 is 2.52 bits per heavy atom. The van der Waals surface area contributed by atoms with Crippen molar-refractivity contribution in [2.45, 2.75) is 19.8 Å². The lowest BCUT2D eigenvalue weighted by Gasteiger charge is -2.15. The van der Waals surface area contributed by atoms with Gasteiger partial charge in [-0.1, -0.05) is 23.5 Å². The van der Waals surface area contributed by atoms with Gasteiger partial charge in [0.1, 0.15) is 5.75 Å². The number of rotatable bonds is 7. The van der Waals surface area contributed by atoms with Gasteiger partial charge < -0.3 is 19.5 Å². The molecule has 5 nitrogen and oxygen atoms in total. The smallest absolute Gasteiger partial charge is 0.185 e. The average molecular weight is 308 g/mol. The summed E-state index contributed by atoms with van der Waals surface area (Å²) in [4.78, 5) is 7.45. The van der Waals surface area contributed by atoms with Gasteiger partial charge in [0.05, 0.1) is 30.9 Å². The first-order valence-electron chi connectivity index (χ1n) is 6.60. The lowest BCUT2D eigenvalue weighted by molar-refractivity contribution is 0.179. The van der Waals surface area contributed by atoms with E-state index in [4.69, 9.17) is 9.47 Å². The van der Waals surface area contributed by atoms with Crippen LogP contribution in [0.1, 0.15) is 16.1 Å². The number of benzene rings is 1. The molecule has 6 heteroatoms. The minimum absolute atomic E-state index is 0.00721. The molecular weight excluding hydrogens is 288 g/mol. The van der Waals surface area contributed by atoms with Crippen molar-refractivity contribution in [1.29, 1.82) is 0 Å². The first-order chi connectivity index (χ1) is 10.2. The van der Waals surface area contributed by atoms with Crippen LogP contribution in [0.5, 0.6) is 5.75 Å². The number of aliphatic hydroxyl groups excluding tert-OH is 1. The van der Waals surface area contributed by atoms with Crippen molar-refractivity contribution in [1.82, 2.24) is 4.98 Å². The maximum Gasteiger partial charge on any atom is 0.185 e. The van der Waals surface area contributed by atoms with Crippen LogP contribution in [0.15, 0.2) is 24.3 Å². The van der Waals surface area contributed by atoms with E-state index in [0.29, 0.717) is 6.61 Å². The number of nitrogens with zero attached hydrogens (tertiary/aromatic N) is 2.